The molecule has 6 rings (SSSR count). The maximum Gasteiger partial charge on any atom is -0.172 e. The number of rotatable bonds is 4. The molecule has 3 heteroatoms. The van der Waals surface area contributed by atoms with E-state index in [0.29, 0.717) is 0 Å². The van der Waals surface area contributed by atoms with Crippen molar-refractivity contribution in [3.8, 4) is 11.1 Å². The Morgan fingerprint density at radius 3 is 1.59 bits per heavy atom. The van der Waals surface area contributed by atoms with E-state index in [1.807, 2.05) is 30.3 Å². The topological polar surface area (TPSA) is 0 Å². The summed E-state index contributed by atoms with van der Waals surface area (Å²) in [6.07, 6.45) is 3.27. The van der Waals surface area contributed by atoms with Crippen LogP contribution < -0.4 is 24.8 Å². The van der Waals surface area contributed by atoms with Gasteiger partial charge < -0.3 is 24.8 Å². The van der Waals surface area contributed by atoms with Crippen molar-refractivity contribution < 1.29 is 49.0 Å². The summed E-state index contributed by atoms with van der Waals surface area (Å²) in [6.45, 7) is 18.2. The van der Waals surface area contributed by atoms with Gasteiger partial charge in [-0.25, -0.2) is 12.1 Å². The molecule has 0 atom stereocenters. The molecule has 0 bridgehead atoms. The molecule has 0 amide bonds. The summed E-state index contributed by atoms with van der Waals surface area (Å²) >= 11 is 1.55. The summed E-state index contributed by atoms with van der Waals surface area (Å²) in [5.74, 6) is 0. The van der Waals surface area contributed by atoms with Gasteiger partial charge in [0.05, 0.1) is 0 Å². The number of fused-ring (bicyclic) bond motifs is 3. The van der Waals surface area contributed by atoms with Crippen LogP contribution in [0.4, 0.5) is 0 Å². The van der Waals surface area contributed by atoms with Gasteiger partial charge in [-0.3, -0.25) is 0 Å². The van der Waals surface area contributed by atoms with Gasteiger partial charge in [-0.15, -0.1) is 16.7 Å². The largest absolute Gasteiger partial charge is 0.214 e. The van der Waals surface area contributed by atoms with Crippen molar-refractivity contribution in [1.82, 2.24) is 0 Å². The Bertz CT molecular complexity index is 1520. The number of hydrogen-bond acceptors (Lipinski definition) is 0. The van der Waals surface area contributed by atoms with Crippen LogP contribution >= 0.6 is 0 Å². The zero-order chi connectivity index (χ0) is 31.9. The van der Waals surface area contributed by atoms with E-state index in [1.54, 1.807) is 27.4 Å². The quantitative estimate of drug-likeness (QED) is 0.228. The fourth-order valence-corrected chi connectivity index (χ4v) is 7.09. The average molecular weight is 727 g/mol. The van der Waals surface area contributed by atoms with Gasteiger partial charge in [-0.1, -0.05) is 71.6 Å². The molecular formula is C43H48Cl2Zr-2. The summed E-state index contributed by atoms with van der Waals surface area (Å²) < 4.78 is 1.60. The SMILES string of the molecule is Cc1[c-]c2c(cc1C(C)(C)C)-c1cc(C(C)(C)C)c(C)cc1C2.[Cl-].[Cl-].[Zr+2]=[C](Cc1ccccc1)Cc1ccccc1.c1cc[cH-]c1. The molecule has 0 saturated carbocycles. The molecule has 1 aliphatic carbocycles. The maximum atomic E-state index is 3.69. The third kappa shape index (κ3) is 11.1. The molecule has 0 radical (unpaired) electrons. The molecule has 0 saturated heterocycles. The van der Waals surface area contributed by atoms with Crippen LogP contribution in [0.1, 0.15) is 86.1 Å². The van der Waals surface area contributed by atoms with E-state index < -0.39 is 0 Å². The van der Waals surface area contributed by atoms with E-state index in [4.69, 9.17) is 0 Å². The van der Waals surface area contributed by atoms with E-state index in [0.717, 1.165) is 19.3 Å². The Morgan fingerprint density at radius 2 is 1.15 bits per heavy atom. The van der Waals surface area contributed by atoms with Crippen molar-refractivity contribution in [2.45, 2.75) is 85.5 Å². The third-order valence-corrected chi connectivity index (χ3v) is 9.03. The number of halogens is 2. The van der Waals surface area contributed by atoms with Crippen LogP contribution in [-0.2, 0) is 54.3 Å². The van der Waals surface area contributed by atoms with Gasteiger partial charge in [-0.05, 0) is 35.4 Å². The average Bonchev–Trinajstić information content (AvgIpc) is 3.64. The molecule has 46 heavy (non-hydrogen) atoms. The van der Waals surface area contributed by atoms with E-state index in [2.05, 4.69) is 140 Å². The molecular weight excluding hydrogens is 679 g/mol. The molecule has 0 aliphatic heterocycles. The fourth-order valence-electron chi connectivity index (χ4n) is 6.09. The molecule has 0 fully saturated rings. The first-order valence-corrected chi connectivity index (χ1v) is 17.1. The minimum Gasteiger partial charge on any atom is -0.214 e. The van der Waals surface area contributed by atoms with Gasteiger partial charge in [0.25, 0.3) is 0 Å². The molecule has 240 valence electrons. The second kappa shape index (κ2) is 17.6. The second-order valence-corrected chi connectivity index (χ2v) is 15.8. The molecule has 0 aromatic heterocycles. The van der Waals surface area contributed by atoms with E-state index in [9.17, 15) is 0 Å². The van der Waals surface area contributed by atoms with Crippen LogP contribution in [0.2, 0.25) is 0 Å². The van der Waals surface area contributed by atoms with Gasteiger partial charge in [-0.2, -0.15) is 35.9 Å². The minimum atomic E-state index is 0. The van der Waals surface area contributed by atoms with Crippen LogP contribution in [0.15, 0.2) is 109 Å². The third-order valence-electron chi connectivity index (χ3n) is 8.16. The van der Waals surface area contributed by atoms with Crippen molar-refractivity contribution in [2.24, 2.45) is 0 Å². The molecule has 0 heterocycles. The first kappa shape index (κ1) is 39.7. The van der Waals surface area contributed by atoms with Gasteiger partial charge in [0.1, 0.15) is 0 Å². The molecule has 0 unspecified atom stereocenters. The van der Waals surface area contributed by atoms with Crippen molar-refractivity contribution in [1.29, 1.82) is 0 Å². The Morgan fingerprint density at radius 1 is 0.674 bits per heavy atom. The van der Waals surface area contributed by atoms with Gasteiger partial charge >= 0.3 is 112 Å². The van der Waals surface area contributed by atoms with Crippen LogP contribution in [0, 0.1) is 19.9 Å². The second-order valence-electron chi connectivity index (χ2n) is 14.1. The molecule has 1 aliphatic rings. The van der Waals surface area contributed by atoms with Gasteiger partial charge in [0.2, 0.25) is 0 Å². The zero-order valence-electron chi connectivity index (χ0n) is 28.8. The van der Waals surface area contributed by atoms with Gasteiger partial charge in [0, 0.05) is 0 Å². The predicted octanol–water partition coefficient (Wildman–Crippen LogP) is 4.87. The summed E-state index contributed by atoms with van der Waals surface area (Å²) in [6, 6.07) is 42.4. The monoisotopic (exact) mass is 724 g/mol. The number of aryl methyl sites for hydroxylation is 2. The van der Waals surface area contributed by atoms with Crippen LogP contribution in [-0.4, -0.2) is 3.21 Å². The van der Waals surface area contributed by atoms with Crippen LogP contribution in [0.25, 0.3) is 11.1 Å². The molecule has 0 spiro atoms. The summed E-state index contributed by atoms with van der Waals surface area (Å²) in [4.78, 5) is 0. The van der Waals surface area contributed by atoms with Gasteiger partial charge in [0.15, 0.2) is 0 Å². The molecule has 5 aromatic rings. The standard InChI is InChI=1S/C23H29.C15H14.C5H5.2ClH.Zr/c1-14-9-16-11-17-10-15(2)21(23(6,7)8)13-19(17)18(16)12-20(14)22(3,4)5;1-3-8-14(9-4-1)12-7-13-15-10-5-2-6-11-15;1-2-4-5-3-1;;;/h9,12-13H,11H2,1-8H3;1-6,8-11H,12-13H2;1-5H;2*1H;/q-1;;-1;;;+2/p-2. The van der Waals surface area contributed by atoms with Crippen LogP contribution in [0.5, 0.6) is 0 Å². The predicted molar refractivity (Wildman–Crippen MR) is 188 cm³/mol. The summed E-state index contributed by atoms with van der Waals surface area (Å²) in [5.41, 5.74) is 14.5. The van der Waals surface area contributed by atoms with Crippen LogP contribution in [0.3, 0.4) is 0 Å². The first-order valence-electron chi connectivity index (χ1n) is 15.8. The fraction of sp³-hybridized carbons (Fsp3) is 0.302. The van der Waals surface area contributed by atoms with E-state index >= 15 is 0 Å². The Hall–Kier alpha value is -2.44. The Kier molecular flexibility index (Phi) is 15.2. The van der Waals surface area contributed by atoms with Crippen molar-refractivity contribution in [2.75, 3.05) is 0 Å². The number of benzene rings is 4. The van der Waals surface area contributed by atoms with E-state index in [1.165, 1.54) is 55.6 Å². The Labute approximate surface area is 306 Å². The summed E-state index contributed by atoms with van der Waals surface area (Å²) in [7, 11) is 0. The number of hydrogen-bond donors (Lipinski definition) is 0. The maximum absolute atomic E-state index is 3.69. The summed E-state index contributed by atoms with van der Waals surface area (Å²) in [5, 5.41) is 0. The molecule has 5 aromatic carbocycles. The Balaban J connectivity index is 0.000000278. The van der Waals surface area contributed by atoms with Crippen molar-refractivity contribution in [3.63, 3.8) is 0 Å². The smallest absolute Gasteiger partial charge is 0.172 e. The van der Waals surface area contributed by atoms with Crippen molar-refractivity contribution in [3.05, 3.63) is 160 Å². The first-order chi connectivity index (χ1) is 20.8. The van der Waals surface area contributed by atoms with E-state index in [-0.39, 0.29) is 35.6 Å². The minimum absolute atomic E-state index is 0. The molecule has 0 nitrogen and oxygen atoms in total. The molecule has 0 N–H and O–H groups in total. The zero-order valence-corrected chi connectivity index (χ0v) is 32.7. The van der Waals surface area contributed by atoms with Crippen molar-refractivity contribution >= 4 is 3.21 Å². The normalized spacial score (nSPS) is 11.3.